The van der Waals surface area contributed by atoms with Gasteiger partial charge in [0.05, 0.1) is 17.7 Å². The van der Waals surface area contributed by atoms with Gasteiger partial charge in [0.25, 0.3) is 5.91 Å². The van der Waals surface area contributed by atoms with Gasteiger partial charge >= 0.3 is 0 Å². The second kappa shape index (κ2) is 11.5. The SMILES string of the molecule is COc1ccc(S(=O)(=O)N2CCN(C/C=C/c3ccccc3)CC2)cc1NC(=O)c1ccc(C)cc1. The van der Waals surface area contributed by atoms with Gasteiger partial charge in [-0.3, -0.25) is 9.69 Å². The van der Waals surface area contributed by atoms with Crippen LogP contribution in [0.4, 0.5) is 5.69 Å². The first-order valence-electron chi connectivity index (χ1n) is 11.9. The minimum absolute atomic E-state index is 0.125. The maximum atomic E-state index is 13.4. The highest BCUT2D eigenvalue weighted by atomic mass is 32.2. The van der Waals surface area contributed by atoms with Crippen LogP contribution in [0.3, 0.4) is 0 Å². The lowest BCUT2D eigenvalue weighted by Crippen LogP contribution is -2.48. The fraction of sp³-hybridized carbons (Fsp3) is 0.250. The van der Waals surface area contributed by atoms with E-state index in [2.05, 4.69) is 22.4 Å². The molecule has 1 aliphatic rings. The molecular weight excluding hydrogens is 474 g/mol. The Kier molecular flexibility index (Phi) is 8.20. The van der Waals surface area contributed by atoms with Crippen molar-refractivity contribution in [3.05, 3.63) is 95.6 Å². The maximum absolute atomic E-state index is 13.4. The van der Waals surface area contributed by atoms with Gasteiger partial charge in [0.2, 0.25) is 10.0 Å². The highest BCUT2D eigenvalue weighted by molar-refractivity contribution is 7.89. The number of rotatable bonds is 8. The van der Waals surface area contributed by atoms with Crippen molar-refractivity contribution in [2.24, 2.45) is 0 Å². The second-order valence-corrected chi connectivity index (χ2v) is 10.6. The lowest BCUT2D eigenvalue weighted by atomic mass is 10.1. The molecule has 0 saturated carbocycles. The maximum Gasteiger partial charge on any atom is 0.255 e. The third-order valence-corrected chi connectivity index (χ3v) is 8.07. The van der Waals surface area contributed by atoms with Crippen LogP contribution in [-0.4, -0.2) is 63.4 Å². The Balaban J connectivity index is 1.42. The molecule has 1 saturated heterocycles. The number of anilines is 1. The first-order valence-corrected chi connectivity index (χ1v) is 13.3. The van der Waals surface area contributed by atoms with Crippen LogP contribution in [-0.2, 0) is 10.0 Å². The molecule has 1 N–H and O–H groups in total. The third-order valence-electron chi connectivity index (χ3n) is 6.18. The summed E-state index contributed by atoms with van der Waals surface area (Å²) in [6.45, 7) is 4.80. The number of piperazine rings is 1. The third kappa shape index (κ3) is 6.20. The summed E-state index contributed by atoms with van der Waals surface area (Å²) in [7, 11) is -2.24. The molecule has 0 bridgehead atoms. The molecule has 3 aromatic carbocycles. The van der Waals surface area contributed by atoms with Crippen molar-refractivity contribution in [1.29, 1.82) is 0 Å². The number of nitrogens with zero attached hydrogens (tertiary/aromatic N) is 2. The molecule has 8 heteroatoms. The van der Waals surface area contributed by atoms with E-state index < -0.39 is 10.0 Å². The highest BCUT2D eigenvalue weighted by Gasteiger charge is 2.29. The van der Waals surface area contributed by atoms with Crippen LogP contribution in [0.1, 0.15) is 21.5 Å². The molecule has 3 aromatic rings. The fourth-order valence-corrected chi connectivity index (χ4v) is 5.50. The van der Waals surface area contributed by atoms with E-state index in [1.165, 1.54) is 23.5 Å². The van der Waals surface area contributed by atoms with Crippen LogP contribution >= 0.6 is 0 Å². The van der Waals surface area contributed by atoms with Crippen LogP contribution in [0.15, 0.2) is 83.8 Å². The van der Waals surface area contributed by atoms with Gasteiger partial charge in [0.15, 0.2) is 0 Å². The van der Waals surface area contributed by atoms with E-state index in [0.717, 1.165) is 17.7 Å². The smallest absolute Gasteiger partial charge is 0.255 e. The number of carbonyl (C=O) groups excluding carboxylic acids is 1. The molecule has 0 aliphatic carbocycles. The van der Waals surface area contributed by atoms with Crippen LogP contribution in [0.25, 0.3) is 6.08 Å². The molecule has 7 nitrogen and oxygen atoms in total. The van der Waals surface area contributed by atoms with E-state index in [1.54, 1.807) is 18.2 Å². The lowest BCUT2D eigenvalue weighted by Gasteiger charge is -2.33. The summed E-state index contributed by atoms with van der Waals surface area (Å²) >= 11 is 0. The fourth-order valence-electron chi connectivity index (χ4n) is 4.05. The van der Waals surface area contributed by atoms with Crippen molar-refractivity contribution in [2.45, 2.75) is 11.8 Å². The molecule has 188 valence electrons. The zero-order chi connectivity index (χ0) is 25.5. The van der Waals surface area contributed by atoms with E-state index in [0.29, 0.717) is 43.2 Å². The minimum atomic E-state index is -3.72. The van der Waals surface area contributed by atoms with Crippen molar-refractivity contribution < 1.29 is 17.9 Å². The number of carbonyl (C=O) groups is 1. The van der Waals surface area contributed by atoms with E-state index in [9.17, 15) is 13.2 Å². The number of hydrogen-bond donors (Lipinski definition) is 1. The van der Waals surface area contributed by atoms with Gasteiger partial charge in [-0.1, -0.05) is 60.2 Å². The predicted octanol–water partition coefficient (Wildman–Crippen LogP) is 4.28. The summed E-state index contributed by atoms with van der Waals surface area (Å²) in [4.78, 5) is 15.1. The van der Waals surface area contributed by atoms with Gasteiger partial charge < -0.3 is 10.1 Å². The van der Waals surface area contributed by atoms with Crippen molar-refractivity contribution in [1.82, 2.24) is 9.21 Å². The number of aryl methyl sites for hydroxylation is 1. The van der Waals surface area contributed by atoms with Crippen LogP contribution in [0, 0.1) is 6.92 Å². The summed E-state index contributed by atoms with van der Waals surface area (Å²) in [5, 5.41) is 2.79. The number of ether oxygens (including phenoxy) is 1. The number of hydrogen-bond acceptors (Lipinski definition) is 5. The number of sulfonamides is 1. The zero-order valence-corrected chi connectivity index (χ0v) is 21.4. The molecular formula is C28H31N3O4S. The first kappa shape index (κ1) is 25.6. The van der Waals surface area contributed by atoms with Gasteiger partial charge in [-0.15, -0.1) is 0 Å². The molecule has 0 radical (unpaired) electrons. The quantitative estimate of drug-likeness (QED) is 0.495. The van der Waals surface area contributed by atoms with Gasteiger partial charge in [0, 0.05) is 38.3 Å². The van der Waals surface area contributed by atoms with E-state index in [-0.39, 0.29) is 10.8 Å². The van der Waals surface area contributed by atoms with Gasteiger partial charge in [-0.2, -0.15) is 4.31 Å². The average molecular weight is 506 g/mol. The Morgan fingerprint density at radius 3 is 2.33 bits per heavy atom. The highest BCUT2D eigenvalue weighted by Crippen LogP contribution is 2.30. The van der Waals surface area contributed by atoms with Crippen LogP contribution in [0.2, 0.25) is 0 Å². The molecule has 0 atom stereocenters. The Morgan fingerprint density at radius 2 is 1.67 bits per heavy atom. The van der Waals surface area contributed by atoms with Gasteiger partial charge in [0.1, 0.15) is 5.75 Å². The monoisotopic (exact) mass is 505 g/mol. The molecule has 0 unspecified atom stereocenters. The Morgan fingerprint density at radius 1 is 0.972 bits per heavy atom. The summed E-state index contributed by atoms with van der Waals surface area (Å²) in [6.07, 6.45) is 4.18. The zero-order valence-electron chi connectivity index (χ0n) is 20.6. The largest absolute Gasteiger partial charge is 0.495 e. The summed E-state index contributed by atoms with van der Waals surface area (Å²) in [5.74, 6) is 0.0597. The predicted molar refractivity (Wildman–Crippen MR) is 143 cm³/mol. The number of benzene rings is 3. The van der Waals surface area contributed by atoms with Crippen molar-refractivity contribution in [3.63, 3.8) is 0 Å². The Hall–Kier alpha value is -3.46. The molecule has 1 fully saturated rings. The topological polar surface area (TPSA) is 79.0 Å². The first-order chi connectivity index (χ1) is 17.4. The summed E-state index contributed by atoms with van der Waals surface area (Å²) in [5.41, 5.74) is 2.98. The molecule has 0 spiro atoms. The van der Waals surface area contributed by atoms with Crippen molar-refractivity contribution in [2.75, 3.05) is 45.2 Å². The van der Waals surface area contributed by atoms with Crippen LogP contribution < -0.4 is 10.1 Å². The molecule has 36 heavy (non-hydrogen) atoms. The second-order valence-electron chi connectivity index (χ2n) is 8.70. The standard InChI is InChI=1S/C28H31N3O4S/c1-22-10-12-24(13-11-22)28(32)29-26-21-25(14-15-27(26)35-2)36(33,34)31-19-17-30(18-20-31)16-6-9-23-7-4-3-5-8-23/h3-15,21H,16-20H2,1-2H3,(H,29,32)/b9-6+. The van der Waals surface area contributed by atoms with E-state index >= 15 is 0 Å². The minimum Gasteiger partial charge on any atom is -0.495 e. The van der Waals surface area contributed by atoms with E-state index in [1.807, 2.05) is 49.4 Å². The number of amides is 1. The molecule has 1 heterocycles. The van der Waals surface area contributed by atoms with Gasteiger partial charge in [-0.25, -0.2) is 8.42 Å². The number of nitrogens with one attached hydrogen (secondary N) is 1. The summed E-state index contributed by atoms with van der Waals surface area (Å²) in [6, 6.07) is 21.8. The Bertz CT molecular complexity index is 1310. The molecule has 0 aromatic heterocycles. The molecule has 1 amide bonds. The van der Waals surface area contributed by atoms with E-state index in [4.69, 9.17) is 4.74 Å². The van der Waals surface area contributed by atoms with Gasteiger partial charge in [-0.05, 0) is 42.8 Å². The van der Waals surface area contributed by atoms with Crippen molar-refractivity contribution in [3.8, 4) is 5.75 Å². The average Bonchev–Trinajstić information content (AvgIpc) is 2.90. The van der Waals surface area contributed by atoms with Crippen LogP contribution in [0.5, 0.6) is 5.75 Å². The Labute approximate surface area is 213 Å². The lowest BCUT2D eigenvalue weighted by molar-refractivity contribution is 0.102. The number of methoxy groups -OCH3 is 1. The summed E-state index contributed by atoms with van der Waals surface area (Å²) < 4.78 is 33.6. The van der Waals surface area contributed by atoms with Crippen molar-refractivity contribution >= 4 is 27.7 Å². The molecule has 4 rings (SSSR count). The molecule has 1 aliphatic heterocycles. The normalized spacial score (nSPS) is 15.2.